The van der Waals surface area contributed by atoms with Crippen LogP contribution < -0.4 is 5.73 Å². The molecule has 2 rings (SSSR count). The molecule has 1 aliphatic rings. The number of para-hydroxylation sites is 1. The molecule has 1 aromatic carbocycles. The van der Waals surface area contributed by atoms with Gasteiger partial charge in [-0.3, -0.25) is 4.90 Å². The topological polar surface area (TPSA) is 49.5 Å². The van der Waals surface area contributed by atoms with Crippen LogP contribution in [0, 0.1) is 0 Å². The zero-order chi connectivity index (χ0) is 11.4. The SMILES string of the molecule is NCc1cccc(CN2CCCCC2)c1O. The molecule has 0 saturated carbocycles. The van der Waals surface area contributed by atoms with Crippen LogP contribution in [0.4, 0.5) is 0 Å². The zero-order valence-corrected chi connectivity index (χ0v) is 9.65. The molecular formula is C13H20N2O. The van der Waals surface area contributed by atoms with E-state index in [0.717, 1.165) is 30.8 Å². The van der Waals surface area contributed by atoms with Gasteiger partial charge in [0.15, 0.2) is 0 Å². The summed E-state index contributed by atoms with van der Waals surface area (Å²) in [5, 5.41) is 10.0. The molecular weight excluding hydrogens is 200 g/mol. The first-order valence-electron chi connectivity index (χ1n) is 6.03. The van der Waals surface area contributed by atoms with E-state index in [4.69, 9.17) is 5.73 Å². The monoisotopic (exact) mass is 220 g/mol. The fraction of sp³-hybridized carbons (Fsp3) is 0.538. The van der Waals surface area contributed by atoms with Crippen LogP contribution in [0.2, 0.25) is 0 Å². The van der Waals surface area contributed by atoms with Crippen LogP contribution in [0.3, 0.4) is 0 Å². The van der Waals surface area contributed by atoms with Crippen LogP contribution in [0.5, 0.6) is 5.75 Å². The first-order valence-corrected chi connectivity index (χ1v) is 6.03. The normalized spacial score (nSPS) is 17.6. The number of piperidine rings is 1. The number of rotatable bonds is 3. The van der Waals surface area contributed by atoms with Crippen molar-refractivity contribution in [3.63, 3.8) is 0 Å². The van der Waals surface area contributed by atoms with Gasteiger partial charge in [-0.2, -0.15) is 0 Å². The Kier molecular flexibility index (Phi) is 3.80. The first kappa shape index (κ1) is 11.4. The molecule has 3 N–H and O–H groups in total. The van der Waals surface area contributed by atoms with Crippen LogP contribution in [0.1, 0.15) is 30.4 Å². The van der Waals surface area contributed by atoms with Crippen molar-refractivity contribution >= 4 is 0 Å². The number of nitrogens with two attached hydrogens (primary N) is 1. The van der Waals surface area contributed by atoms with Gasteiger partial charge in [0.25, 0.3) is 0 Å². The van der Waals surface area contributed by atoms with Gasteiger partial charge >= 0.3 is 0 Å². The highest BCUT2D eigenvalue weighted by Gasteiger charge is 2.13. The van der Waals surface area contributed by atoms with Gasteiger partial charge in [0.2, 0.25) is 0 Å². The number of hydrogen-bond donors (Lipinski definition) is 2. The number of benzene rings is 1. The average molecular weight is 220 g/mol. The van der Waals surface area contributed by atoms with Gasteiger partial charge < -0.3 is 10.8 Å². The number of nitrogens with zero attached hydrogens (tertiary/aromatic N) is 1. The molecule has 3 nitrogen and oxygen atoms in total. The Bertz CT molecular complexity index is 346. The van der Waals surface area contributed by atoms with Crippen LogP contribution in [0.25, 0.3) is 0 Å². The third-order valence-corrected chi connectivity index (χ3v) is 3.27. The number of phenols is 1. The maximum absolute atomic E-state index is 10.0. The first-order chi connectivity index (χ1) is 7.81. The summed E-state index contributed by atoms with van der Waals surface area (Å²) in [5.41, 5.74) is 7.43. The van der Waals surface area contributed by atoms with Crippen molar-refractivity contribution in [1.29, 1.82) is 0 Å². The largest absolute Gasteiger partial charge is 0.507 e. The maximum Gasteiger partial charge on any atom is 0.124 e. The van der Waals surface area contributed by atoms with E-state index in [1.165, 1.54) is 19.3 Å². The van der Waals surface area contributed by atoms with Crippen molar-refractivity contribution in [2.75, 3.05) is 13.1 Å². The highest BCUT2D eigenvalue weighted by Crippen LogP contribution is 2.24. The molecule has 0 unspecified atom stereocenters. The maximum atomic E-state index is 10.0. The molecule has 1 saturated heterocycles. The Hall–Kier alpha value is -1.06. The van der Waals surface area contributed by atoms with Crippen molar-refractivity contribution in [1.82, 2.24) is 4.90 Å². The zero-order valence-electron chi connectivity index (χ0n) is 9.65. The van der Waals surface area contributed by atoms with Gasteiger partial charge in [-0.15, -0.1) is 0 Å². The molecule has 1 aromatic rings. The molecule has 0 bridgehead atoms. The summed E-state index contributed by atoms with van der Waals surface area (Å²) in [6, 6.07) is 5.85. The molecule has 1 heterocycles. The summed E-state index contributed by atoms with van der Waals surface area (Å²) in [4.78, 5) is 2.40. The summed E-state index contributed by atoms with van der Waals surface area (Å²) in [6.45, 7) is 3.54. The number of likely N-dealkylation sites (tertiary alicyclic amines) is 1. The van der Waals surface area contributed by atoms with Crippen molar-refractivity contribution in [2.24, 2.45) is 5.73 Å². The van der Waals surface area contributed by atoms with Crippen LogP contribution in [-0.2, 0) is 13.1 Å². The smallest absolute Gasteiger partial charge is 0.124 e. The lowest BCUT2D eigenvalue weighted by atomic mass is 10.1. The molecule has 1 fully saturated rings. The van der Waals surface area contributed by atoms with E-state index in [9.17, 15) is 5.11 Å². The predicted octanol–water partition coefficient (Wildman–Crippen LogP) is 1.84. The molecule has 0 atom stereocenters. The van der Waals surface area contributed by atoms with Crippen molar-refractivity contribution in [3.8, 4) is 5.75 Å². The Morgan fingerprint density at radius 1 is 1.12 bits per heavy atom. The van der Waals surface area contributed by atoms with Gasteiger partial charge in [-0.1, -0.05) is 24.6 Å². The second-order valence-corrected chi connectivity index (χ2v) is 4.47. The number of phenolic OH excluding ortho intramolecular Hbond substituents is 1. The highest BCUT2D eigenvalue weighted by atomic mass is 16.3. The molecule has 0 radical (unpaired) electrons. The fourth-order valence-corrected chi connectivity index (χ4v) is 2.30. The average Bonchev–Trinajstić information content (AvgIpc) is 2.33. The molecule has 88 valence electrons. The Morgan fingerprint density at radius 3 is 2.50 bits per heavy atom. The van der Waals surface area contributed by atoms with E-state index in [-0.39, 0.29) is 0 Å². The van der Waals surface area contributed by atoms with Crippen molar-refractivity contribution in [2.45, 2.75) is 32.4 Å². The highest BCUT2D eigenvalue weighted by molar-refractivity contribution is 5.40. The van der Waals surface area contributed by atoms with Crippen LogP contribution >= 0.6 is 0 Å². The quantitative estimate of drug-likeness (QED) is 0.817. The molecule has 1 aliphatic heterocycles. The summed E-state index contributed by atoms with van der Waals surface area (Å²) in [7, 11) is 0. The summed E-state index contributed by atoms with van der Waals surface area (Å²) < 4.78 is 0. The van der Waals surface area contributed by atoms with E-state index in [0.29, 0.717) is 12.3 Å². The molecule has 0 aliphatic carbocycles. The molecule has 3 heteroatoms. The van der Waals surface area contributed by atoms with Crippen molar-refractivity contribution in [3.05, 3.63) is 29.3 Å². The number of aromatic hydroxyl groups is 1. The minimum absolute atomic E-state index is 0.385. The van der Waals surface area contributed by atoms with Crippen LogP contribution in [0.15, 0.2) is 18.2 Å². The second kappa shape index (κ2) is 5.32. The lowest BCUT2D eigenvalue weighted by Crippen LogP contribution is -2.29. The van der Waals surface area contributed by atoms with E-state index in [2.05, 4.69) is 4.90 Å². The molecule has 0 amide bonds. The second-order valence-electron chi connectivity index (χ2n) is 4.47. The van der Waals surface area contributed by atoms with E-state index in [1.54, 1.807) is 0 Å². The minimum atomic E-state index is 0.385. The lowest BCUT2D eigenvalue weighted by molar-refractivity contribution is 0.218. The Balaban J connectivity index is 2.08. The minimum Gasteiger partial charge on any atom is -0.507 e. The molecule has 0 aromatic heterocycles. The predicted molar refractivity (Wildman–Crippen MR) is 65.1 cm³/mol. The van der Waals surface area contributed by atoms with Gasteiger partial charge in [0.1, 0.15) is 5.75 Å². The molecule has 0 spiro atoms. The van der Waals surface area contributed by atoms with Crippen molar-refractivity contribution < 1.29 is 5.11 Å². The van der Waals surface area contributed by atoms with E-state index >= 15 is 0 Å². The lowest BCUT2D eigenvalue weighted by Gasteiger charge is -2.26. The summed E-state index contributed by atoms with van der Waals surface area (Å²) in [6.07, 6.45) is 3.89. The van der Waals surface area contributed by atoms with Gasteiger partial charge in [0, 0.05) is 24.2 Å². The Morgan fingerprint density at radius 2 is 1.81 bits per heavy atom. The van der Waals surface area contributed by atoms with Gasteiger partial charge in [-0.05, 0) is 25.9 Å². The van der Waals surface area contributed by atoms with E-state index in [1.807, 2.05) is 18.2 Å². The van der Waals surface area contributed by atoms with Crippen LogP contribution in [-0.4, -0.2) is 23.1 Å². The summed E-state index contributed by atoms with van der Waals surface area (Å²) >= 11 is 0. The third kappa shape index (κ3) is 2.54. The van der Waals surface area contributed by atoms with Gasteiger partial charge in [0.05, 0.1) is 0 Å². The molecule has 16 heavy (non-hydrogen) atoms. The standard InChI is InChI=1S/C13H20N2O/c14-9-11-5-4-6-12(13(11)16)10-15-7-2-1-3-8-15/h4-6,16H,1-3,7-10,14H2. The Labute approximate surface area is 96.9 Å². The third-order valence-electron chi connectivity index (χ3n) is 3.27. The van der Waals surface area contributed by atoms with Gasteiger partial charge in [-0.25, -0.2) is 0 Å². The number of hydrogen-bond acceptors (Lipinski definition) is 3. The summed E-state index contributed by atoms with van der Waals surface area (Å²) in [5.74, 6) is 0.385. The fourth-order valence-electron chi connectivity index (χ4n) is 2.30. The van der Waals surface area contributed by atoms with E-state index < -0.39 is 0 Å².